The Kier molecular flexibility index (Phi) is 4.71. The fourth-order valence-corrected chi connectivity index (χ4v) is 1.62. The molecule has 16 heavy (non-hydrogen) atoms. The van der Waals surface area contributed by atoms with Crippen LogP contribution in [0.4, 0.5) is 5.82 Å². The first-order chi connectivity index (χ1) is 7.57. The summed E-state index contributed by atoms with van der Waals surface area (Å²) in [6.07, 6.45) is 1.79. The first kappa shape index (κ1) is 12.9. The lowest BCUT2D eigenvalue weighted by Gasteiger charge is -2.28. The van der Waals surface area contributed by atoms with Crippen LogP contribution < -0.4 is 10.6 Å². The summed E-state index contributed by atoms with van der Waals surface area (Å²) in [7, 11) is 3.72. The zero-order chi connectivity index (χ0) is 12.1. The third-order valence-electron chi connectivity index (χ3n) is 2.71. The Bertz CT molecular complexity index is 328. The Morgan fingerprint density at radius 1 is 1.50 bits per heavy atom. The predicted octanol–water partition coefficient (Wildman–Crippen LogP) is 1.57. The molecule has 0 aromatic carbocycles. The first-order valence-electron chi connectivity index (χ1n) is 5.50. The largest absolute Gasteiger partial charge is 0.383 e. The molecule has 0 radical (unpaired) electrons. The normalized spacial score (nSPS) is 14.6. The van der Waals surface area contributed by atoms with Crippen molar-refractivity contribution in [2.45, 2.75) is 25.9 Å². The maximum atomic E-state index is 5.93. The lowest BCUT2D eigenvalue weighted by atomic mass is 10.1. The highest BCUT2D eigenvalue weighted by Crippen LogP contribution is 2.22. The highest BCUT2D eigenvalue weighted by molar-refractivity contribution is 5.48. The van der Waals surface area contributed by atoms with Crippen molar-refractivity contribution in [3.8, 4) is 0 Å². The van der Waals surface area contributed by atoms with Crippen molar-refractivity contribution in [2.24, 2.45) is 5.73 Å². The number of anilines is 1. The summed E-state index contributed by atoms with van der Waals surface area (Å²) in [4.78, 5) is 6.49. The van der Waals surface area contributed by atoms with Crippen molar-refractivity contribution in [1.82, 2.24) is 4.98 Å². The second-order valence-corrected chi connectivity index (χ2v) is 4.12. The van der Waals surface area contributed by atoms with Gasteiger partial charge in [0.15, 0.2) is 0 Å². The molecule has 0 bridgehead atoms. The molecule has 0 aliphatic rings. The number of rotatable bonds is 5. The SMILES string of the molecule is COCC(C)N(C)c1ncccc1[C@H](C)N. The second-order valence-electron chi connectivity index (χ2n) is 4.12. The molecule has 90 valence electrons. The van der Waals surface area contributed by atoms with Gasteiger partial charge < -0.3 is 15.4 Å². The fourth-order valence-electron chi connectivity index (χ4n) is 1.62. The predicted molar refractivity (Wildman–Crippen MR) is 66.6 cm³/mol. The molecule has 1 aromatic heterocycles. The summed E-state index contributed by atoms with van der Waals surface area (Å²) in [5.74, 6) is 0.932. The first-order valence-corrected chi connectivity index (χ1v) is 5.50. The molecule has 1 heterocycles. The third-order valence-corrected chi connectivity index (χ3v) is 2.71. The van der Waals surface area contributed by atoms with Gasteiger partial charge in [0.1, 0.15) is 5.82 Å². The van der Waals surface area contributed by atoms with Crippen LogP contribution in [-0.4, -0.2) is 31.8 Å². The standard InChI is InChI=1S/C12H21N3O/c1-9(8-16-4)15(3)12-11(10(2)13)6-5-7-14-12/h5-7,9-10H,8,13H2,1-4H3/t9?,10-/m0/s1. The van der Waals surface area contributed by atoms with Crippen molar-refractivity contribution >= 4 is 5.82 Å². The monoisotopic (exact) mass is 223 g/mol. The van der Waals surface area contributed by atoms with E-state index < -0.39 is 0 Å². The van der Waals surface area contributed by atoms with E-state index in [0.29, 0.717) is 6.61 Å². The van der Waals surface area contributed by atoms with Crippen LogP contribution in [0.1, 0.15) is 25.5 Å². The molecular weight excluding hydrogens is 202 g/mol. The number of aromatic nitrogens is 1. The van der Waals surface area contributed by atoms with Crippen LogP contribution >= 0.6 is 0 Å². The molecule has 0 fully saturated rings. The molecule has 2 N–H and O–H groups in total. The van der Waals surface area contributed by atoms with Crippen LogP contribution in [0.15, 0.2) is 18.3 Å². The van der Waals surface area contributed by atoms with E-state index in [9.17, 15) is 0 Å². The summed E-state index contributed by atoms with van der Waals surface area (Å²) >= 11 is 0. The Balaban J connectivity index is 2.93. The van der Waals surface area contributed by atoms with E-state index in [0.717, 1.165) is 11.4 Å². The highest BCUT2D eigenvalue weighted by atomic mass is 16.5. The van der Waals surface area contributed by atoms with Gasteiger partial charge in [0, 0.05) is 32.0 Å². The number of nitrogens with two attached hydrogens (primary N) is 1. The average Bonchev–Trinajstić information content (AvgIpc) is 2.28. The van der Waals surface area contributed by atoms with Gasteiger partial charge in [-0.05, 0) is 19.9 Å². The van der Waals surface area contributed by atoms with Crippen molar-refractivity contribution < 1.29 is 4.74 Å². The summed E-state index contributed by atoms with van der Waals surface area (Å²) in [6, 6.07) is 4.19. The van der Waals surface area contributed by atoms with E-state index in [1.807, 2.05) is 26.1 Å². The lowest BCUT2D eigenvalue weighted by molar-refractivity contribution is 0.183. The minimum atomic E-state index is -0.0131. The minimum absolute atomic E-state index is 0.0131. The maximum Gasteiger partial charge on any atom is 0.133 e. The van der Waals surface area contributed by atoms with Gasteiger partial charge in [-0.25, -0.2) is 4.98 Å². The molecule has 0 amide bonds. The van der Waals surface area contributed by atoms with Crippen LogP contribution in [0.3, 0.4) is 0 Å². The van der Waals surface area contributed by atoms with Crippen LogP contribution in [0.2, 0.25) is 0 Å². The summed E-state index contributed by atoms with van der Waals surface area (Å²) < 4.78 is 5.15. The van der Waals surface area contributed by atoms with E-state index in [1.54, 1.807) is 13.3 Å². The molecule has 0 saturated carbocycles. The van der Waals surface area contributed by atoms with Gasteiger partial charge in [-0.3, -0.25) is 0 Å². The minimum Gasteiger partial charge on any atom is -0.383 e. The summed E-state index contributed by atoms with van der Waals surface area (Å²) in [6.45, 7) is 4.74. The van der Waals surface area contributed by atoms with E-state index in [2.05, 4.69) is 16.8 Å². The van der Waals surface area contributed by atoms with Crippen molar-refractivity contribution in [2.75, 3.05) is 25.7 Å². The van der Waals surface area contributed by atoms with Crippen LogP contribution in [-0.2, 0) is 4.74 Å². The van der Waals surface area contributed by atoms with E-state index in [1.165, 1.54) is 0 Å². The molecule has 4 nitrogen and oxygen atoms in total. The molecule has 1 rings (SSSR count). The number of pyridine rings is 1. The average molecular weight is 223 g/mol. The maximum absolute atomic E-state index is 5.93. The Morgan fingerprint density at radius 3 is 2.75 bits per heavy atom. The second kappa shape index (κ2) is 5.82. The summed E-state index contributed by atoms with van der Waals surface area (Å²) in [5, 5.41) is 0. The molecule has 0 spiro atoms. The molecule has 1 aromatic rings. The Hall–Kier alpha value is -1.13. The van der Waals surface area contributed by atoms with Crippen LogP contribution in [0, 0.1) is 0 Å². The molecule has 2 atom stereocenters. The van der Waals surface area contributed by atoms with Gasteiger partial charge in [0.2, 0.25) is 0 Å². The zero-order valence-corrected chi connectivity index (χ0v) is 10.5. The summed E-state index contributed by atoms with van der Waals surface area (Å²) in [5.41, 5.74) is 6.99. The van der Waals surface area contributed by atoms with Gasteiger partial charge >= 0.3 is 0 Å². The molecule has 4 heteroatoms. The number of ether oxygens (including phenoxy) is 1. The third kappa shape index (κ3) is 2.93. The molecular formula is C12H21N3O. The number of hydrogen-bond donors (Lipinski definition) is 1. The molecule has 0 aliphatic carbocycles. The van der Waals surface area contributed by atoms with Gasteiger partial charge in [-0.2, -0.15) is 0 Å². The van der Waals surface area contributed by atoms with Gasteiger partial charge in [0.25, 0.3) is 0 Å². The topological polar surface area (TPSA) is 51.4 Å². The van der Waals surface area contributed by atoms with E-state index >= 15 is 0 Å². The zero-order valence-electron chi connectivity index (χ0n) is 10.5. The van der Waals surface area contributed by atoms with Crippen molar-refractivity contribution in [1.29, 1.82) is 0 Å². The van der Waals surface area contributed by atoms with Gasteiger partial charge in [-0.1, -0.05) is 6.07 Å². The van der Waals surface area contributed by atoms with Gasteiger partial charge in [-0.15, -0.1) is 0 Å². The molecule has 0 aliphatic heterocycles. The number of likely N-dealkylation sites (N-methyl/N-ethyl adjacent to an activating group) is 1. The Labute approximate surface area is 97.4 Å². The molecule has 0 saturated heterocycles. The highest BCUT2D eigenvalue weighted by Gasteiger charge is 2.16. The van der Waals surface area contributed by atoms with Gasteiger partial charge in [0.05, 0.1) is 12.6 Å². The lowest BCUT2D eigenvalue weighted by Crippen LogP contribution is -2.34. The quantitative estimate of drug-likeness (QED) is 0.823. The van der Waals surface area contributed by atoms with E-state index in [-0.39, 0.29) is 12.1 Å². The van der Waals surface area contributed by atoms with Crippen molar-refractivity contribution in [3.05, 3.63) is 23.9 Å². The number of methoxy groups -OCH3 is 1. The molecule has 1 unspecified atom stereocenters. The number of nitrogens with zero attached hydrogens (tertiary/aromatic N) is 2. The Morgan fingerprint density at radius 2 is 2.19 bits per heavy atom. The van der Waals surface area contributed by atoms with Crippen LogP contribution in [0.25, 0.3) is 0 Å². The van der Waals surface area contributed by atoms with Crippen molar-refractivity contribution in [3.63, 3.8) is 0 Å². The number of hydrogen-bond acceptors (Lipinski definition) is 4. The van der Waals surface area contributed by atoms with Crippen LogP contribution in [0.5, 0.6) is 0 Å². The fraction of sp³-hybridized carbons (Fsp3) is 0.583. The van der Waals surface area contributed by atoms with E-state index in [4.69, 9.17) is 10.5 Å². The smallest absolute Gasteiger partial charge is 0.133 e.